The van der Waals surface area contributed by atoms with Crippen LogP contribution in [0, 0.1) is 11.3 Å². The molecule has 1 unspecified atom stereocenters. The number of rotatable bonds is 8. The average molecular weight is 340 g/mol. The SMILES string of the molecule is CCN(CC)S(=O)(=O)SC(C(=O)OCC(C)C)C(C)(C)C. The second-order valence-corrected chi connectivity index (χ2v) is 10.3. The summed E-state index contributed by atoms with van der Waals surface area (Å²) in [5, 5.41) is -0.748. The number of nitrogens with zero attached hydrogens (tertiary/aromatic N) is 1. The minimum Gasteiger partial charge on any atom is -0.465 e. The fourth-order valence-electron chi connectivity index (χ4n) is 1.58. The quantitative estimate of drug-likeness (QED) is 0.502. The molecule has 0 heterocycles. The summed E-state index contributed by atoms with van der Waals surface area (Å²) in [7, 11) is -2.84. The molecular weight excluding hydrogens is 310 g/mol. The second-order valence-electron chi connectivity index (χ2n) is 6.41. The Balaban J connectivity index is 5.16. The summed E-state index contributed by atoms with van der Waals surface area (Å²) in [4.78, 5) is 12.2. The van der Waals surface area contributed by atoms with Crippen molar-refractivity contribution in [1.82, 2.24) is 4.31 Å². The third-order valence-electron chi connectivity index (χ3n) is 2.80. The minimum absolute atomic E-state index is 0.221. The van der Waals surface area contributed by atoms with Gasteiger partial charge in [-0.2, -0.15) is 4.31 Å². The molecule has 7 heteroatoms. The number of ether oxygens (including phenoxy) is 1. The largest absolute Gasteiger partial charge is 0.465 e. The number of hydrogen-bond acceptors (Lipinski definition) is 5. The zero-order chi connectivity index (χ0) is 16.8. The first-order valence-corrected chi connectivity index (χ1v) is 10.1. The van der Waals surface area contributed by atoms with Crippen molar-refractivity contribution in [1.29, 1.82) is 0 Å². The summed E-state index contributed by atoms with van der Waals surface area (Å²) in [5.74, 6) is -0.240. The highest BCUT2D eigenvalue weighted by Gasteiger charge is 2.39. The van der Waals surface area contributed by atoms with Crippen molar-refractivity contribution < 1.29 is 17.9 Å². The maximum Gasteiger partial charge on any atom is 0.320 e. The van der Waals surface area contributed by atoms with Crippen LogP contribution in [0.5, 0.6) is 0 Å². The number of carbonyl (C=O) groups is 1. The van der Waals surface area contributed by atoms with Crippen molar-refractivity contribution in [2.24, 2.45) is 11.3 Å². The van der Waals surface area contributed by atoms with Gasteiger partial charge < -0.3 is 4.74 Å². The molecule has 0 radical (unpaired) electrons. The number of esters is 1. The molecule has 126 valence electrons. The normalized spacial score (nSPS) is 14.5. The molecule has 0 fully saturated rings. The Hall–Kier alpha value is -0.270. The monoisotopic (exact) mass is 339 g/mol. The molecule has 0 aromatic carbocycles. The Morgan fingerprint density at radius 3 is 2.00 bits per heavy atom. The summed E-state index contributed by atoms with van der Waals surface area (Å²) < 4.78 is 31.3. The molecule has 1 atom stereocenters. The first-order chi connectivity index (χ1) is 9.45. The van der Waals surface area contributed by atoms with Crippen molar-refractivity contribution in [2.75, 3.05) is 19.7 Å². The van der Waals surface area contributed by atoms with Gasteiger partial charge in [0.2, 0.25) is 0 Å². The number of hydrogen-bond donors (Lipinski definition) is 0. The van der Waals surface area contributed by atoms with Crippen molar-refractivity contribution in [3.63, 3.8) is 0 Å². The van der Waals surface area contributed by atoms with E-state index in [1.807, 2.05) is 34.6 Å². The molecule has 21 heavy (non-hydrogen) atoms. The molecule has 5 nitrogen and oxygen atoms in total. The second kappa shape index (κ2) is 8.39. The van der Waals surface area contributed by atoms with Crippen LogP contribution < -0.4 is 0 Å². The Kier molecular flexibility index (Phi) is 8.28. The lowest BCUT2D eigenvalue weighted by Crippen LogP contribution is -2.38. The highest BCUT2D eigenvalue weighted by Crippen LogP contribution is 2.36. The summed E-state index contributed by atoms with van der Waals surface area (Å²) in [6, 6.07) is 0. The van der Waals surface area contributed by atoms with Crippen LogP contribution in [0.15, 0.2) is 0 Å². The molecule has 0 saturated heterocycles. The molecule has 0 aromatic rings. The topological polar surface area (TPSA) is 63.7 Å². The third-order valence-corrected chi connectivity index (χ3v) is 7.22. The summed E-state index contributed by atoms with van der Waals surface area (Å²) >= 11 is 0. The van der Waals surface area contributed by atoms with Crippen molar-refractivity contribution in [3.8, 4) is 0 Å². The zero-order valence-electron chi connectivity index (χ0n) is 14.2. The highest BCUT2D eigenvalue weighted by molar-refractivity contribution is 8.71. The molecule has 0 aromatic heterocycles. The van der Waals surface area contributed by atoms with Gasteiger partial charge in [-0.25, -0.2) is 8.42 Å². The minimum atomic E-state index is -3.54. The molecule has 0 N–H and O–H groups in total. The van der Waals surface area contributed by atoms with Gasteiger partial charge in [0.25, 0.3) is 9.06 Å². The molecular formula is C14H29NO4S2. The fraction of sp³-hybridized carbons (Fsp3) is 0.929. The van der Waals surface area contributed by atoms with Crippen LogP contribution in [0.1, 0.15) is 48.5 Å². The van der Waals surface area contributed by atoms with E-state index in [0.717, 1.165) is 0 Å². The third kappa shape index (κ3) is 7.02. The molecule has 0 amide bonds. The maximum atomic E-state index is 12.4. The Morgan fingerprint density at radius 1 is 1.19 bits per heavy atom. The molecule has 0 aliphatic rings. The van der Waals surface area contributed by atoms with Gasteiger partial charge in [0.15, 0.2) is 0 Å². The van der Waals surface area contributed by atoms with Crippen LogP contribution in [-0.4, -0.2) is 43.6 Å². The Bertz CT molecular complexity index is 423. The van der Waals surface area contributed by atoms with E-state index in [1.165, 1.54) is 4.31 Å². The van der Waals surface area contributed by atoms with Crippen molar-refractivity contribution in [3.05, 3.63) is 0 Å². The predicted octanol–water partition coefficient (Wildman–Crippen LogP) is 2.92. The lowest BCUT2D eigenvalue weighted by molar-refractivity contribution is -0.145. The van der Waals surface area contributed by atoms with E-state index in [0.29, 0.717) is 30.5 Å². The average Bonchev–Trinajstić information content (AvgIpc) is 2.33. The van der Waals surface area contributed by atoms with Crippen LogP contribution >= 0.6 is 10.8 Å². The van der Waals surface area contributed by atoms with E-state index < -0.39 is 25.7 Å². The van der Waals surface area contributed by atoms with Crippen LogP contribution in [0.4, 0.5) is 0 Å². The van der Waals surface area contributed by atoms with Gasteiger partial charge in [0.1, 0.15) is 5.25 Å². The van der Waals surface area contributed by atoms with Crippen LogP contribution in [0.2, 0.25) is 0 Å². The smallest absolute Gasteiger partial charge is 0.320 e. The van der Waals surface area contributed by atoms with Gasteiger partial charge in [0, 0.05) is 13.1 Å². The van der Waals surface area contributed by atoms with Gasteiger partial charge in [-0.05, 0) is 22.1 Å². The van der Waals surface area contributed by atoms with E-state index >= 15 is 0 Å². The summed E-state index contributed by atoms with van der Waals surface area (Å²) in [6.45, 7) is 14.1. The first kappa shape index (κ1) is 20.7. The lowest BCUT2D eigenvalue weighted by atomic mass is 9.92. The van der Waals surface area contributed by atoms with Crippen LogP contribution in [-0.2, 0) is 18.6 Å². The molecule has 0 bridgehead atoms. The molecule has 0 saturated carbocycles. The summed E-state index contributed by atoms with van der Waals surface area (Å²) in [5.41, 5.74) is -0.501. The van der Waals surface area contributed by atoms with Gasteiger partial charge in [0.05, 0.1) is 6.61 Å². The Labute approximate surface area is 133 Å². The lowest BCUT2D eigenvalue weighted by Gasteiger charge is -2.29. The maximum absolute atomic E-state index is 12.4. The van der Waals surface area contributed by atoms with E-state index in [-0.39, 0.29) is 5.92 Å². The van der Waals surface area contributed by atoms with E-state index in [2.05, 4.69) is 0 Å². The predicted molar refractivity (Wildman–Crippen MR) is 88.5 cm³/mol. The molecule has 0 aliphatic heterocycles. The standard InChI is InChI=1S/C14H29NO4S2/c1-8-15(9-2)21(17,18)20-12(14(5,6)7)13(16)19-10-11(3)4/h11-12H,8-10H2,1-7H3. The Morgan fingerprint density at radius 2 is 1.67 bits per heavy atom. The van der Waals surface area contributed by atoms with Gasteiger partial charge in [-0.1, -0.05) is 48.5 Å². The van der Waals surface area contributed by atoms with Crippen LogP contribution in [0.25, 0.3) is 0 Å². The molecule has 0 spiro atoms. The van der Waals surface area contributed by atoms with Crippen molar-refractivity contribution >= 4 is 25.8 Å². The van der Waals surface area contributed by atoms with Gasteiger partial charge in [-0.15, -0.1) is 0 Å². The van der Waals surface area contributed by atoms with E-state index in [4.69, 9.17) is 4.74 Å². The van der Waals surface area contributed by atoms with Gasteiger partial charge >= 0.3 is 5.97 Å². The van der Waals surface area contributed by atoms with Gasteiger partial charge in [-0.3, -0.25) is 4.79 Å². The molecule has 0 rings (SSSR count). The zero-order valence-corrected chi connectivity index (χ0v) is 15.8. The van der Waals surface area contributed by atoms with E-state index in [1.54, 1.807) is 13.8 Å². The fourth-order valence-corrected chi connectivity index (χ4v) is 5.85. The van der Waals surface area contributed by atoms with Crippen LogP contribution in [0.3, 0.4) is 0 Å². The molecule has 0 aliphatic carbocycles. The summed E-state index contributed by atoms with van der Waals surface area (Å²) in [6.07, 6.45) is 0. The van der Waals surface area contributed by atoms with E-state index in [9.17, 15) is 13.2 Å². The number of carbonyl (C=O) groups excluding carboxylic acids is 1. The van der Waals surface area contributed by atoms with Crippen molar-refractivity contribution in [2.45, 2.75) is 53.7 Å². The first-order valence-electron chi connectivity index (χ1n) is 7.30. The highest BCUT2D eigenvalue weighted by atomic mass is 33.1.